The van der Waals surface area contributed by atoms with Crippen LogP contribution in [0.25, 0.3) is 0 Å². The Morgan fingerprint density at radius 3 is 2.17 bits per heavy atom. The number of carbonyl (C=O) groups is 1. The molecule has 0 aliphatic rings. The van der Waals surface area contributed by atoms with Crippen molar-refractivity contribution in [1.29, 1.82) is 0 Å². The molecular weight excluding hydrogens is 248 g/mol. The molecule has 1 aromatic rings. The van der Waals surface area contributed by atoms with Gasteiger partial charge < -0.3 is 0 Å². The van der Waals surface area contributed by atoms with E-state index in [1.807, 2.05) is 45.9 Å². The van der Waals surface area contributed by atoms with E-state index in [1.54, 1.807) is 12.1 Å². The van der Waals surface area contributed by atoms with Gasteiger partial charge in [-0.3, -0.25) is 14.7 Å². The summed E-state index contributed by atoms with van der Waals surface area (Å²) in [5, 5.41) is 0.244. The zero-order chi connectivity index (χ0) is 13.7. The van der Waals surface area contributed by atoms with Crippen LogP contribution in [0.1, 0.15) is 38.1 Å². The largest absolute Gasteiger partial charge is 0.281 e. The number of hydrogen-bond acceptors (Lipinski definition) is 2. The fourth-order valence-corrected chi connectivity index (χ4v) is 1.99. The molecule has 0 aliphatic carbocycles. The Morgan fingerprint density at radius 2 is 1.72 bits per heavy atom. The SMILES string of the molecule is CC(C)N=C(Cl)N(C(=O)c1ccccc1)C(C)C. The lowest BCUT2D eigenvalue weighted by molar-refractivity contribution is 0.0821. The second-order valence-corrected chi connectivity index (χ2v) is 4.96. The van der Waals surface area contributed by atoms with E-state index in [2.05, 4.69) is 4.99 Å². The summed E-state index contributed by atoms with van der Waals surface area (Å²) in [7, 11) is 0. The topological polar surface area (TPSA) is 32.7 Å². The number of rotatable bonds is 3. The average Bonchev–Trinajstić information content (AvgIpc) is 2.28. The maximum Gasteiger partial charge on any atom is 0.260 e. The van der Waals surface area contributed by atoms with Gasteiger partial charge in [0.05, 0.1) is 0 Å². The number of aliphatic imine (C=N–C) groups is 1. The molecule has 18 heavy (non-hydrogen) atoms. The predicted molar refractivity (Wildman–Crippen MR) is 76.2 cm³/mol. The molecule has 1 aromatic carbocycles. The lowest BCUT2D eigenvalue weighted by Crippen LogP contribution is -2.40. The number of amides is 1. The van der Waals surface area contributed by atoms with Crippen LogP contribution >= 0.6 is 11.6 Å². The van der Waals surface area contributed by atoms with Crippen molar-refractivity contribution < 1.29 is 4.79 Å². The first kappa shape index (κ1) is 14.7. The molecule has 0 radical (unpaired) electrons. The van der Waals surface area contributed by atoms with Gasteiger partial charge in [0.2, 0.25) is 5.29 Å². The number of amidine groups is 1. The quantitative estimate of drug-likeness (QED) is 0.468. The molecule has 0 aliphatic heterocycles. The average molecular weight is 267 g/mol. The fraction of sp³-hybridized carbons (Fsp3) is 0.429. The Bertz CT molecular complexity index is 427. The third kappa shape index (κ3) is 3.84. The minimum atomic E-state index is -0.125. The van der Waals surface area contributed by atoms with E-state index >= 15 is 0 Å². The Kier molecular flexibility index (Phi) is 5.35. The van der Waals surface area contributed by atoms with E-state index in [0.29, 0.717) is 5.56 Å². The van der Waals surface area contributed by atoms with Crippen molar-refractivity contribution in [3.05, 3.63) is 35.9 Å². The molecule has 3 nitrogen and oxygen atoms in total. The minimum Gasteiger partial charge on any atom is -0.281 e. The first-order chi connectivity index (χ1) is 8.43. The van der Waals surface area contributed by atoms with Crippen LogP contribution in [0.5, 0.6) is 0 Å². The van der Waals surface area contributed by atoms with Crippen LogP contribution in [0.3, 0.4) is 0 Å². The standard InChI is InChI=1S/C14H19ClN2O/c1-10(2)16-14(15)17(11(3)4)13(18)12-8-6-5-7-9-12/h5-11H,1-4H3. The molecule has 0 saturated heterocycles. The zero-order valence-corrected chi connectivity index (χ0v) is 12.0. The normalized spacial score (nSPS) is 12.1. The summed E-state index contributed by atoms with van der Waals surface area (Å²) in [6, 6.07) is 9.11. The molecule has 1 rings (SSSR count). The second kappa shape index (κ2) is 6.55. The summed E-state index contributed by atoms with van der Waals surface area (Å²) in [5.41, 5.74) is 0.614. The van der Waals surface area contributed by atoms with Crippen molar-refractivity contribution in [2.75, 3.05) is 0 Å². The highest BCUT2D eigenvalue weighted by atomic mass is 35.5. The Balaban J connectivity index is 3.04. The molecule has 1 amide bonds. The highest BCUT2D eigenvalue weighted by Gasteiger charge is 2.22. The van der Waals surface area contributed by atoms with Gasteiger partial charge in [-0.05, 0) is 51.4 Å². The van der Waals surface area contributed by atoms with Gasteiger partial charge >= 0.3 is 0 Å². The van der Waals surface area contributed by atoms with E-state index < -0.39 is 0 Å². The molecule has 0 spiro atoms. The molecule has 0 saturated carbocycles. The minimum absolute atomic E-state index is 0.0345. The third-order valence-electron chi connectivity index (χ3n) is 2.32. The number of halogens is 1. The molecule has 0 fully saturated rings. The van der Waals surface area contributed by atoms with E-state index in [1.165, 1.54) is 4.90 Å². The highest BCUT2D eigenvalue weighted by molar-refractivity contribution is 6.66. The van der Waals surface area contributed by atoms with Crippen LogP contribution in [-0.2, 0) is 0 Å². The van der Waals surface area contributed by atoms with Crippen LogP contribution in [0.4, 0.5) is 0 Å². The Hall–Kier alpha value is -1.35. The summed E-state index contributed by atoms with van der Waals surface area (Å²) < 4.78 is 0. The molecule has 0 heterocycles. The van der Waals surface area contributed by atoms with E-state index in [9.17, 15) is 4.79 Å². The number of hydrogen-bond donors (Lipinski definition) is 0. The van der Waals surface area contributed by atoms with Gasteiger partial charge in [-0.15, -0.1) is 0 Å². The van der Waals surface area contributed by atoms with Crippen LogP contribution in [0, 0.1) is 0 Å². The van der Waals surface area contributed by atoms with Crippen molar-refractivity contribution in [3.8, 4) is 0 Å². The second-order valence-electron chi connectivity index (χ2n) is 4.63. The lowest BCUT2D eigenvalue weighted by atomic mass is 10.2. The van der Waals surface area contributed by atoms with Gasteiger partial charge in [0.25, 0.3) is 5.91 Å². The van der Waals surface area contributed by atoms with Crippen LogP contribution in [0.15, 0.2) is 35.3 Å². The maximum atomic E-state index is 12.4. The van der Waals surface area contributed by atoms with Crippen molar-refractivity contribution in [2.45, 2.75) is 39.8 Å². The van der Waals surface area contributed by atoms with E-state index in [-0.39, 0.29) is 23.3 Å². The van der Waals surface area contributed by atoms with Crippen molar-refractivity contribution in [1.82, 2.24) is 4.90 Å². The summed E-state index contributed by atoms with van der Waals surface area (Å²) in [6.45, 7) is 7.68. The molecule has 0 unspecified atom stereocenters. The summed E-state index contributed by atoms with van der Waals surface area (Å²) >= 11 is 6.14. The summed E-state index contributed by atoms with van der Waals surface area (Å²) in [4.78, 5) is 18.1. The van der Waals surface area contributed by atoms with Gasteiger partial charge in [-0.2, -0.15) is 0 Å². The maximum absolute atomic E-state index is 12.4. The highest BCUT2D eigenvalue weighted by Crippen LogP contribution is 2.12. The first-order valence-corrected chi connectivity index (χ1v) is 6.43. The van der Waals surface area contributed by atoms with E-state index in [0.717, 1.165) is 0 Å². The van der Waals surface area contributed by atoms with Gasteiger partial charge in [-0.25, -0.2) is 0 Å². The van der Waals surface area contributed by atoms with E-state index in [4.69, 9.17) is 11.6 Å². The number of carbonyl (C=O) groups excluding carboxylic acids is 1. The zero-order valence-electron chi connectivity index (χ0n) is 11.2. The summed E-state index contributed by atoms with van der Waals surface area (Å²) in [5.74, 6) is -0.125. The number of benzene rings is 1. The predicted octanol–water partition coefficient (Wildman–Crippen LogP) is 3.54. The monoisotopic (exact) mass is 266 g/mol. The molecule has 0 bridgehead atoms. The molecule has 0 aromatic heterocycles. The molecular formula is C14H19ClN2O. The van der Waals surface area contributed by atoms with Crippen LogP contribution < -0.4 is 0 Å². The van der Waals surface area contributed by atoms with Gasteiger partial charge in [-0.1, -0.05) is 18.2 Å². The molecule has 0 atom stereocenters. The Labute approximate surface area is 113 Å². The van der Waals surface area contributed by atoms with Gasteiger partial charge in [0.1, 0.15) is 0 Å². The van der Waals surface area contributed by atoms with Crippen molar-refractivity contribution >= 4 is 22.8 Å². The van der Waals surface area contributed by atoms with Crippen molar-refractivity contribution in [3.63, 3.8) is 0 Å². The first-order valence-electron chi connectivity index (χ1n) is 6.05. The van der Waals surface area contributed by atoms with Crippen LogP contribution in [0.2, 0.25) is 0 Å². The molecule has 98 valence electrons. The third-order valence-corrected chi connectivity index (χ3v) is 2.60. The van der Waals surface area contributed by atoms with Crippen molar-refractivity contribution in [2.24, 2.45) is 4.99 Å². The molecule has 4 heteroatoms. The summed E-state index contributed by atoms with van der Waals surface area (Å²) in [6.07, 6.45) is 0. The number of nitrogens with zero attached hydrogens (tertiary/aromatic N) is 2. The van der Waals surface area contributed by atoms with Crippen LogP contribution in [-0.4, -0.2) is 28.2 Å². The smallest absolute Gasteiger partial charge is 0.260 e. The van der Waals surface area contributed by atoms with Gasteiger partial charge in [0, 0.05) is 17.6 Å². The molecule has 0 N–H and O–H groups in total. The van der Waals surface area contributed by atoms with Gasteiger partial charge in [0.15, 0.2) is 0 Å². The Morgan fingerprint density at radius 1 is 1.17 bits per heavy atom. The lowest BCUT2D eigenvalue weighted by Gasteiger charge is -2.25. The fourth-order valence-electron chi connectivity index (χ4n) is 1.53.